The fourth-order valence-corrected chi connectivity index (χ4v) is 2.05. The van der Waals surface area contributed by atoms with Crippen LogP contribution in [0.5, 0.6) is 0 Å². The first-order valence-corrected chi connectivity index (χ1v) is 6.07. The predicted octanol–water partition coefficient (Wildman–Crippen LogP) is -1.68. The molecule has 1 fully saturated rings. The average molecular weight is 256 g/mol. The van der Waals surface area contributed by atoms with Gasteiger partial charge in [0.25, 0.3) is 0 Å². The summed E-state index contributed by atoms with van der Waals surface area (Å²) in [4.78, 5) is 34.8. The highest BCUT2D eigenvalue weighted by molar-refractivity contribution is 5.88. The van der Waals surface area contributed by atoms with Crippen molar-refractivity contribution < 1.29 is 14.4 Å². The van der Waals surface area contributed by atoms with Gasteiger partial charge in [-0.2, -0.15) is 0 Å². The summed E-state index contributed by atoms with van der Waals surface area (Å²) in [6, 6.07) is 0.106. The van der Waals surface area contributed by atoms with Crippen molar-refractivity contribution in [2.24, 2.45) is 11.5 Å². The van der Waals surface area contributed by atoms with Crippen LogP contribution in [0.3, 0.4) is 0 Å². The summed E-state index contributed by atoms with van der Waals surface area (Å²) in [7, 11) is 0. The maximum absolute atomic E-state index is 12.0. The third kappa shape index (κ3) is 5.13. The smallest absolute Gasteiger partial charge is 0.237 e. The zero-order valence-electron chi connectivity index (χ0n) is 10.4. The first-order valence-electron chi connectivity index (χ1n) is 6.07. The summed E-state index contributed by atoms with van der Waals surface area (Å²) < 4.78 is 0. The van der Waals surface area contributed by atoms with E-state index >= 15 is 0 Å². The van der Waals surface area contributed by atoms with Gasteiger partial charge in [-0.15, -0.1) is 0 Å². The fraction of sp³-hybridized carbons (Fsp3) is 0.727. The number of nitrogens with two attached hydrogens (primary N) is 2. The van der Waals surface area contributed by atoms with Gasteiger partial charge in [0.2, 0.25) is 17.7 Å². The molecular weight excluding hydrogens is 236 g/mol. The predicted molar refractivity (Wildman–Crippen MR) is 65.2 cm³/mol. The Kier molecular flexibility index (Phi) is 5.57. The third-order valence-electron chi connectivity index (χ3n) is 2.88. The second-order valence-electron chi connectivity index (χ2n) is 4.53. The number of rotatable bonds is 6. The molecule has 7 nitrogen and oxygen atoms in total. The summed E-state index contributed by atoms with van der Waals surface area (Å²) in [6.45, 7) is 0.354. The standard InChI is InChI=1S/C11H20N4O3/c12-9(16)6-15(7-10(13)17)11(18)5-8-3-1-2-4-14-8/h8,14H,1-7H2,(H2,12,16)(H2,13,17). The van der Waals surface area contributed by atoms with Gasteiger partial charge in [0.05, 0.1) is 13.1 Å². The molecule has 1 unspecified atom stereocenters. The van der Waals surface area contributed by atoms with Gasteiger partial charge >= 0.3 is 0 Å². The molecule has 18 heavy (non-hydrogen) atoms. The van der Waals surface area contributed by atoms with Crippen molar-refractivity contribution >= 4 is 17.7 Å². The second-order valence-corrected chi connectivity index (χ2v) is 4.53. The second kappa shape index (κ2) is 6.95. The first-order chi connectivity index (χ1) is 8.49. The van der Waals surface area contributed by atoms with Gasteiger partial charge in [0, 0.05) is 12.5 Å². The lowest BCUT2D eigenvalue weighted by Gasteiger charge is -2.26. The molecule has 0 bridgehead atoms. The molecule has 0 radical (unpaired) electrons. The molecule has 5 N–H and O–H groups in total. The van der Waals surface area contributed by atoms with Gasteiger partial charge in [0.15, 0.2) is 0 Å². The van der Waals surface area contributed by atoms with Crippen LogP contribution in [0.1, 0.15) is 25.7 Å². The van der Waals surface area contributed by atoms with Crippen molar-refractivity contribution in [1.82, 2.24) is 10.2 Å². The zero-order chi connectivity index (χ0) is 13.5. The van der Waals surface area contributed by atoms with Gasteiger partial charge in [-0.25, -0.2) is 0 Å². The van der Waals surface area contributed by atoms with E-state index in [0.717, 1.165) is 30.7 Å². The van der Waals surface area contributed by atoms with Crippen molar-refractivity contribution in [2.75, 3.05) is 19.6 Å². The molecule has 0 aliphatic carbocycles. The highest BCUT2D eigenvalue weighted by atomic mass is 16.2. The number of carbonyl (C=O) groups is 3. The number of nitrogens with one attached hydrogen (secondary N) is 1. The first kappa shape index (κ1) is 14.4. The van der Waals surface area contributed by atoms with Crippen LogP contribution in [0.2, 0.25) is 0 Å². The lowest BCUT2D eigenvalue weighted by atomic mass is 10.0. The number of carbonyl (C=O) groups excluding carboxylic acids is 3. The molecule has 0 aromatic heterocycles. The zero-order valence-corrected chi connectivity index (χ0v) is 10.4. The van der Waals surface area contributed by atoms with Gasteiger partial charge in [-0.3, -0.25) is 14.4 Å². The van der Waals surface area contributed by atoms with E-state index in [4.69, 9.17) is 11.5 Å². The Labute approximate surface area is 106 Å². The largest absolute Gasteiger partial charge is 0.368 e. The van der Waals surface area contributed by atoms with Crippen LogP contribution < -0.4 is 16.8 Å². The quantitative estimate of drug-likeness (QED) is 0.525. The number of amides is 3. The van der Waals surface area contributed by atoms with Gasteiger partial charge in [-0.1, -0.05) is 6.42 Å². The molecule has 0 spiro atoms. The van der Waals surface area contributed by atoms with Crippen LogP contribution >= 0.6 is 0 Å². The molecule has 1 aliphatic rings. The van der Waals surface area contributed by atoms with Crippen LogP contribution in [0.25, 0.3) is 0 Å². The van der Waals surface area contributed by atoms with E-state index in [2.05, 4.69) is 5.32 Å². The normalized spacial score (nSPS) is 19.2. The topological polar surface area (TPSA) is 119 Å². The van der Waals surface area contributed by atoms with E-state index in [1.807, 2.05) is 0 Å². The summed E-state index contributed by atoms with van der Waals surface area (Å²) in [6.07, 6.45) is 3.38. The van der Waals surface area contributed by atoms with Gasteiger partial charge in [-0.05, 0) is 19.4 Å². The monoisotopic (exact) mass is 256 g/mol. The fourth-order valence-electron chi connectivity index (χ4n) is 2.05. The average Bonchev–Trinajstić information content (AvgIpc) is 2.28. The Morgan fingerprint density at radius 3 is 2.17 bits per heavy atom. The number of hydrogen-bond donors (Lipinski definition) is 3. The van der Waals surface area contributed by atoms with Crippen LogP contribution in [-0.4, -0.2) is 48.3 Å². The van der Waals surface area contributed by atoms with Crippen molar-refractivity contribution in [3.05, 3.63) is 0 Å². The summed E-state index contributed by atoms with van der Waals surface area (Å²) >= 11 is 0. The van der Waals surface area contributed by atoms with Crippen molar-refractivity contribution in [1.29, 1.82) is 0 Å². The Bertz CT molecular complexity index is 310. The van der Waals surface area contributed by atoms with Gasteiger partial charge in [0.1, 0.15) is 0 Å². The van der Waals surface area contributed by atoms with E-state index in [9.17, 15) is 14.4 Å². The molecule has 0 aromatic rings. The molecule has 1 saturated heterocycles. The van der Waals surface area contributed by atoms with Crippen LogP contribution in [0.4, 0.5) is 0 Å². The van der Waals surface area contributed by atoms with E-state index in [1.54, 1.807) is 0 Å². The molecule has 3 amide bonds. The summed E-state index contributed by atoms with van der Waals surface area (Å²) in [5, 5.41) is 3.23. The number of nitrogens with zero attached hydrogens (tertiary/aromatic N) is 1. The minimum absolute atomic E-state index is 0.106. The summed E-state index contributed by atoms with van der Waals surface area (Å²) in [5.41, 5.74) is 10.1. The highest BCUT2D eigenvalue weighted by Crippen LogP contribution is 2.11. The highest BCUT2D eigenvalue weighted by Gasteiger charge is 2.22. The van der Waals surface area contributed by atoms with E-state index in [1.165, 1.54) is 0 Å². The van der Waals surface area contributed by atoms with E-state index < -0.39 is 11.8 Å². The molecular formula is C11H20N4O3. The van der Waals surface area contributed by atoms with Crippen LogP contribution in [0, 0.1) is 0 Å². The van der Waals surface area contributed by atoms with Crippen LogP contribution in [-0.2, 0) is 14.4 Å². The van der Waals surface area contributed by atoms with Crippen molar-refractivity contribution in [3.63, 3.8) is 0 Å². The minimum atomic E-state index is -0.652. The van der Waals surface area contributed by atoms with Gasteiger partial charge < -0.3 is 21.7 Å². The number of hydrogen-bond acceptors (Lipinski definition) is 4. The molecule has 0 saturated carbocycles. The Morgan fingerprint density at radius 2 is 1.72 bits per heavy atom. The van der Waals surface area contributed by atoms with E-state index in [0.29, 0.717) is 0 Å². The minimum Gasteiger partial charge on any atom is -0.368 e. The van der Waals surface area contributed by atoms with Crippen LogP contribution in [0.15, 0.2) is 0 Å². The molecule has 102 valence electrons. The molecule has 1 atom stereocenters. The Balaban J connectivity index is 2.51. The summed E-state index contributed by atoms with van der Waals surface area (Å²) in [5.74, 6) is -1.57. The Morgan fingerprint density at radius 1 is 1.11 bits per heavy atom. The van der Waals surface area contributed by atoms with E-state index in [-0.39, 0.29) is 31.5 Å². The van der Waals surface area contributed by atoms with Crippen molar-refractivity contribution in [2.45, 2.75) is 31.7 Å². The SMILES string of the molecule is NC(=O)CN(CC(N)=O)C(=O)CC1CCCCN1. The maximum atomic E-state index is 12.0. The maximum Gasteiger partial charge on any atom is 0.237 e. The number of primary amides is 2. The molecule has 1 aliphatic heterocycles. The lowest BCUT2D eigenvalue weighted by Crippen LogP contribution is -2.46. The lowest BCUT2D eigenvalue weighted by molar-refractivity contribution is -0.138. The molecule has 1 rings (SSSR count). The third-order valence-corrected chi connectivity index (χ3v) is 2.88. The molecule has 7 heteroatoms. The van der Waals surface area contributed by atoms with Crippen molar-refractivity contribution in [3.8, 4) is 0 Å². The number of piperidine rings is 1. The Hall–Kier alpha value is -1.63. The molecule has 0 aromatic carbocycles. The molecule has 1 heterocycles.